The number of hydrogen-bond acceptors (Lipinski definition) is 5. The Morgan fingerprint density at radius 2 is 2.35 bits per heavy atom. The van der Waals surface area contributed by atoms with Crippen LogP contribution in [-0.4, -0.2) is 29.2 Å². The van der Waals surface area contributed by atoms with Gasteiger partial charge in [0.1, 0.15) is 6.54 Å². The summed E-state index contributed by atoms with van der Waals surface area (Å²) < 4.78 is 4.92. The Balaban J connectivity index is 1.82. The largest absolute Gasteiger partial charge is 0.357 e. The zero-order chi connectivity index (χ0) is 14.2. The zero-order valence-corrected chi connectivity index (χ0v) is 12.5. The van der Waals surface area contributed by atoms with Crippen molar-refractivity contribution in [3.63, 3.8) is 0 Å². The molecule has 0 aliphatic rings. The molecule has 0 saturated heterocycles. The quantitative estimate of drug-likeness (QED) is 0.627. The van der Waals surface area contributed by atoms with Crippen molar-refractivity contribution in [3.05, 3.63) is 34.1 Å². The Bertz CT molecular complexity index is 535. The Hall–Kier alpha value is -1.89. The third-order valence-electron chi connectivity index (χ3n) is 2.54. The average Bonchev–Trinajstić information content (AvgIpc) is 3.07. The fraction of sp³-hybridized carbons (Fsp3) is 0.462. The van der Waals surface area contributed by atoms with Crippen molar-refractivity contribution in [2.24, 2.45) is 4.99 Å². The van der Waals surface area contributed by atoms with Gasteiger partial charge >= 0.3 is 0 Å². The summed E-state index contributed by atoms with van der Waals surface area (Å²) in [6.45, 7) is 5.87. The van der Waals surface area contributed by atoms with E-state index in [4.69, 9.17) is 4.52 Å². The zero-order valence-electron chi connectivity index (χ0n) is 11.7. The van der Waals surface area contributed by atoms with Crippen LogP contribution in [0.25, 0.3) is 0 Å². The maximum atomic E-state index is 4.92. The molecule has 2 rings (SSSR count). The smallest absolute Gasteiger partial charge is 0.223 e. The number of aromatic nitrogens is 2. The Morgan fingerprint density at radius 3 is 3.00 bits per heavy atom. The first-order valence-electron chi connectivity index (χ1n) is 6.61. The number of rotatable bonds is 6. The topological polar surface area (TPSA) is 75.3 Å². The number of aryl methyl sites for hydroxylation is 1. The fourth-order valence-electron chi connectivity index (χ4n) is 1.66. The second-order valence-corrected chi connectivity index (χ2v) is 5.21. The van der Waals surface area contributed by atoms with Crippen LogP contribution in [0.5, 0.6) is 0 Å². The molecule has 6 nitrogen and oxygen atoms in total. The predicted molar refractivity (Wildman–Crippen MR) is 79.9 cm³/mol. The molecule has 0 radical (unpaired) electrons. The number of hydrogen-bond donors (Lipinski definition) is 2. The Morgan fingerprint density at radius 1 is 1.45 bits per heavy atom. The highest BCUT2D eigenvalue weighted by Gasteiger charge is 2.02. The van der Waals surface area contributed by atoms with E-state index < -0.39 is 0 Å². The summed E-state index contributed by atoms with van der Waals surface area (Å²) in [4.78, 5) is 9.92. The molecule has 20 heavy (non-hydrogen) atoms. The van der Waals surface area contributed by atoms with Crippen molar-refractivity contribution < 1.29 is 4.52 Å². The van der Waals surface area contributed by atoms with Gasteiger partial charge in [0.15, 0.2) is 11.8 Å². The minimum Gasteiger partial charge on any atom is -0.357 e. The van der Waals surface area contributed by atoms with Crippen molar-refractivity contribution in [3.8, 4) is 0 Å². The van der Waals surface area contributed by atoms with Gasteiger partial charge in [-0.25, -0.2) is 4.99 Å². The maximum Gasteiger partial charge on any atom is 0.223 e. The average molecular weight is 293 g/mol. The third kappa shape index (κ3) is 4.65. The van der Waals surface area contributed by atoms with Gasteiger partial charge in [-0.15, -0.1) is 11.3 Å². The van der Waals surface area contributed by atoms with E-state index in [0.717, 1.165) is 25.5 Å². The van der Waals surface area contributed by atoms with Gasteiger partial charge in [-0.05, 0) is 24.8 Å². The van der Waals surface area contributed by atoms with E-state index in [9.17, 15) is 0 Å². The molecular weight excluding hydrogens is 274 g/mol. The van der Waals surface area contributed by atoms with E-state index in [1.165, 1.54) is 4.88 Å². The van der Waals surface area contributed by atoms with Gasteiger partial charge in [-0.3, -0.25) is 0 Å². The molecule has 0 saturated carbocycles. The Labute approximate surface area is 122 Å². The van der Waals surface area contributed by atoms with Crippen LogP contribution in [0.4, 0.5) is 0 Å². The second-order valence-electron chi connectivity index (χ2n) is 4.18. The fourth-order valence-corrected chi connectivity index (χ4v) is 2.36. The highest BCUT2D eigenvalue weighted by Crippen LogP contribution is 2.07. The molecule has 2 heterocycles. The second kappa shape index (κ2) is 7.64. The molecule has 108 valence electrons. The first-order valence-corrected chi connectivity index (χ1v) is 7.49. The number of aliphatic imine (C=N–C) groups is 1. The van der Waals surface area contributed by atoms with Crippen molar-refractivity contribution >= 4 is 17.3 Å². The summed E-state index contributed by atoms with van der Waals surface area (Å²) >= 11 is 1.77. The minimum atomic E-state index is 0.408. The van der Waals surface area contributed by atoms with Crippen LogP contribution in [0, 0.1) is 6.92 Å². The van der Waals surface area contributed by atoms with Crippen molar-refractivity contribution in [2.45, 2.75) is 26.8 Å². The molecule has 2 aromatic rings. The van der Waals surface area contributed by atoms with Gasteiger partial charge in [0, 0.05) is 24.9 Å². The van der Waals surface area contributed by atoms with Gasteiger partial charge in [-0.2, -0.15) is 4.98 Å². The van der Waals surface area contributed by atoms with Crippen LogP contribution >= 0.6 is 11.3 Å². The molecule has 0 aliphatic heterocycles. The van der Waals surface area contributed by atoms with Crippen molar-refractivity contribution in [2.75, 3.05) is 13.1 Å². The van der Waals surface area contributed by atoms with Crippen LogP contribution < -0.4 is 10.6 Å². The number of nitrogens with one attached hydrogen (secondary N) is 2. The summed E-state index contributed by atoms with van der Waals surface area (Å²) in [7, 11) is 0. The molecule has 0 aromatic carbocycles. The third-order valence-corrected chi connectivity index (χ3v) is 3.47. The molecule has 0 atom stereocenters. The lowest BCUT2D eigenvalue weighted by Crippen LogP contribution is -2.38. The van der Waals surface area contributed by atoms with Gasteiger partial charge in [0.2, 0.25) is 5.89 Å². The lowest BCUT2D eigenvalue weighted by atomic mass is 10.3. The van der Waals surface area contributed by atoms with E-state index in [2.05, 4.69) is 43.3 Å². The van der Waals surface area contributed by atoms with Gasteiger partial charge in [0.25, 0.3) is 0 Å². The van der Waals surface area contributed by atoms with Crippen LogP contribution in [-0.2, 0) is 13.0 Å². The molecule has 0 aliphatic carbocycles. The monoisotopic (exact) mass is 293 g/mol. The standard InChI is InChI=1S/C13H19N5OS/c1-3-14-13(15-7-6-11-5-4-8-20-11)16-9-12-17-10(2)19-18-12/h4-5,8H,3,6-7,9H2,1-2H3,(H2,14,15,16). The predicted octanol–water partition coefficient (Wildman–Crippen LogP) is 1.74. The van der Waals surface area contributed by atoms with E-state index in [1.54, 1.807) is 18.3 Å². The maximum absolute atomic E-state index is 4.92. The van der Waals surface area contributed by atoms with Crippen LogP contribution in [0.3, 0.4) is 0 Å². The number of thiophene rings is 1. The molecule has 0 amide bonds. The first kappa shape index (κ1) is 14.5. The number of nitrogens with zero attached hydrogens (tertiary/aromatic N) is 3. The van der Waals surface area contributed by atoms with Crippen molar-refractivity contribution in [1.29, 1.82) is 0 Å². The van der Waals surface area contributed by atoms with Crippen LogP contribution in [0.1, 0.15) is 23.5 Å². The molecule has 0 spiro atoms. The molecule has 0 fully saturated rings. The summed E-state index contributed by atoms with van der Waals surface area (Å²) in [6.07, 6.45) is 0.989. The molecule has 0 unspecified atom stereocenters. The van der Waals surface area contributed by atoms with Gasteiger partial charge < -0.3 is 15.2 Å². The van der Waals surface area contributed by atoms with Crippen molar-refractivity contribution in [1.82, 2.24) is 20.8 Å². The van der Waals surface area contributed by atoms with Crippen LogP contribution in [0.2, 0.25) is 0 Å². The van der Waals surface area contributed by atoms with E-state index in [-0.39, 0.29) is 0 Å². The molecule has 2 aromatic heterocycles. The molecule has 0 bridgehead atoms. The van der Waals surface area contributed by atoms with Crippen LogP contribution in [0.15, 0.2) is 27.0 Å². The normalized spacial score (nSPS) is 11.6. The summed E-state index contributed by atoms with van der Waals surface area (Å²) in [5, 5.41) is 12.4. The van der Waals surface area contributed by atoms with E-state index in [1.807, 2.05) is 6.92 Å². The summed E-state index contributed by atoms with van der Waals surface area (Å²) in [5.41, 5.74) is 0. The van der Waals surface area contributed by atoms with Gasteiger partial charge in [0.05, 0.1) is 0 Å². The lowest BCUT2D eigenvalue weighted by Gasteiger charge is -2.10. The molecular formula is C13H19N5OS. The Kier molecular flexibility index (Phi) is 5.55. The highest BCUT2D eigenvalue weighted by atomic mass is 32.1. The SMILES string of the molecule is CCNC(=NCc1noc(C)n1)NCCc1cccs1. The van der Waals surface area contributed by atoms with E-state index >= 15 is 0 Å². The summed E-state index contributed by atoms with van der Waals surface area (Å²) in [5.74, 6) is 1.93. The lowest BCUT2D eigenvalue weighted by molar-refractivity contribution is 0.387. The minimum absolute atomic E-state index is 0.408. The molecule has 7 heteroatoms. The number of guanidine groups is 1. The van der Waals surface area contributed by atoms with Gasteiger partial charge in [-0.1, -0.05) is 11.2 Å². The molecule has 2 N–H and O–H groups in total. The summed E-state index contributed by atoms with van der Waals surface area (Å²) in [6, 6.07) is 4.20. The first-order chi connectivity index (χ1) is 9.78. The highest BCUT2D eigenvalue weighted by molar-refractivity contribution is 7.09. The van der Waals surface area contributed by atoms with E-state index in [0.29, 0.717) is 18.3 Å².